The number of hydrogen-bond acceptors (Lipinski definition) is 14. The standard InChI is InChI=1S/C49H63N11O8/c1-28-41(29(2)56-43(55-28)32-9-12-34(13-10-32)49(4,5)6)46(63)59-38(27-66-21-17-51)48(65)60(7)42-33-11-15-40(68-23-19-53)36(26-33)35-24-31(8-14-39(35)67-22-18-52)25-37(45(62)54-20-16-50)58-44(61)30(3)57-47(42)64/h8-15,24,26,30,37-38,42H,17-23,25,27,51-53H2,1-7H3,(H,54,62)(H,57,64)(H,58,61)(H,59,63)/t30-,37-,38-,42-/m0/s1. The smallest absolute Gasteiger partial charge is 0.255 e. The number of nitrogens with zero attached hydrogens (tertiary/aromatic N) is 4. The second kappa shape index (κ2) is 23.7. The third kappa shape index (κ3) is 12.9. The molecule has 0 spiro atoms. The number of likely N-dealkylation sites (N-methyl/N-ethyl adjacent to an activating group) is 1. The van der Waals surface area contributed by atoms with Gasteiger partial charge in [-0.05, 0) is 67.1 Å². The second-order valence-electron chi connectivity index (χ2n) is 17.4. The molecule has 4 atom stereocenters. The van der Waals surface area contributed by atoms with Crippen molar-refractivity contribution in [3.63, 3.8) is 0 Å². The number of nitrogens with one attached hydrogen (secondary N) is 4. The summed E-state index contributed by atoms with van der Waals surface area (Å²) in [6, 6.07) is 14.7. The van der Waals surface area contributed by atoms with Crippen LogP contribution in [-0.2, 0) is 35.8 Å². The zero-order valence-electron chi connectivity index (χ0n) is 39.7. The molecule has 1 aromatic heterocycles. The van der Waals surface area contributed by atoms with Gasteiger partial charge in [-0.1, -0.05) is 57.2 Å². The molecule has 19 heteroatoms. The van der Waals surface area contributed by atoms with E-state index in [2.05, 4.69) is 52.0 Å². The number of benzene rings is 3. The van der Waals surface area contributed by atoms with Crippen LogP contribution in [0, 0.1) is 25.2 Å². The molecule has 5 amide bonds. The van der Waals surface area contributed by atoms with Crippen molar-refractivity contribution in [2.45, 2.75) is 77.5 Å². The summed E-state index contributed by atoms with van der Waals surface area (Å²) < 4.78 is 18.0. The van der Waals surface area contributed by atoms with Crippen LogP contribution < -0.4 is 47.9 Å². The highest BCUT2D eigenvalue weighted by atomic mass is 16.5. The number of hydrogen-bond donors (Lipinski definition) is 7. The molecule has 4 aromatic rings. The number of amides is 5. The number of rotatable bonds is 17. The molecule has 362 valence electrons. The van der Waals surface area contributed by atoms with Crippen LogP contribution in [0.3, 0.4) is 0 Å². The van der Waals surface area contributed by atoms with Crippen molar-refractivity contribution in [1.82, 2.24) is 36.1 Å². The van der Waals surface area contributed by atoms with Gasteiger partial charge in [0.15, 0.2) is 5.82 Å². The van der Waals surface area contributed by atoms with Gasteiger partial charge < -0.3 is 57.6 Å². The Morgan fingerprint density at radius 1 is 0.868 bits per heavy atom. The lowest BCUT2D eigenvalue weighted by molar-refractivity contribution is -0.142. The van der Waals surface area contributed by atoms with E-state index in [0.717, 1.165) is 16.0 Å². The highest BCUT2D eigenvalue weighted by Gasteiger charge is 2.37. The molecule has 10 N–H and O–H groups in total. The molecule has 0 aliphatic carbocycles. The Bertz CT molecular complexity index is 2480. The molecule has 1 aliphatic heterocycles. The lowest BCUT2D eigenvalue weighted by Gasteiger charge is -2.32. The summed E-state index contributed by atoms with van der Waals surface area (Å²) in [7, 11) is 1.40. The molecule has 0 fully saturated rings. The van der Waals surface area contributed by atoms with Gasteiger partial charge in [-0.3, -0.25) is 24.0 Å². The number of nitrogens with two attached hydrogens (primary N) is 3. The fourth-order valence-corrected chi connectivity index (χ4v) is 7.69. The van der Waals surface area contributed by atoms with E-state index in [4.69, 9.17) is 31.4 Å². The van der Waals surface area contributed by atoms with Crippen molar-refractivity contribution in [2.24, 2.45) is 17.2 Å². The Morgan fingerprint density at radius 3 is 2.06 bits per heavy atom. The van der Waals surface area contributed by atoms with E-state index in [1.165, 1.54) is 14.0 Å². The first kappa shape index (κ1) is 52.0. The lowest BCUT2D eigenvalue weighted by Crippen LogP contribution is -2.56. The Balaban J connectivity index is 1.59. The number of ether oxygens (including phenoxy) is 3. The maximum absolute atomic E-state index is 14.9. The highest BCUT2D eigenvalue weighted by molar-refractivity contribution is 6.00. The van der Waals surface area contributed by atoms with Crippen LogP contribution in [0.4, 0.5) is 0 Å². The van der Waals surface area contributed by atoms with Crippen LogP contribution in [0.25, 0.3) is 22.5 Å². The summed E-state index contributed by atoms with van der Waals surface area (Å²) in [6.07, 6.45) is -0.00745. The average molecular weight is 934 g/mol. The molecule has 0 saturated heterocycles. The summed E-state index contributed by atoms with van der Waals surface area (Å²) in [4.78, 5) is 81.4. The normalized spacial score (nSPS) is 16.5. The predicted molar refractivity (Wildman–Crippen MR) is 255 cm³/mol. The first-order valence-corrected chi connectivity index (χ1v) is 22.4. The van der Waals surface area contributed by atoms with Crippen molar-refractivity contribution in [2.75, 3.05) is 59.7 Å². The van der Waals surface area contributed by atoms with Crippen LogP contribution >= 0.6 is 0 Å². The summed E-state index contributed by atoms with van der Waals surface area (Å²) in [5.74, 6) is -2.32. The number of carbonyl (C=O) groups is 5. The molecule has 4 bridgehead atoms. The van der Waals surface area contributed by atoms with Crippen LogP contribution in [0.5, 0.6) is 11.5 Å². The summed E-state index contributed by atoms with van der Waals surface area (Å²) in [6.45, 7) is 11.3. The van der Waals surface area contributed by atoms with Gasteiger partial charge in [0.25, 0.3) is 5.91 Å². The van der Waals surface area contributed by atoms with Crippen LogP contribution in [-0.4, -0.2) is 122 Å². The molecule has 2 heterocycles. The van der Waals surface area contributed by atoms with Gasteiger partial charge in [-0.25, -0.2) is 9.97 Å². The molecule has 5 rings (SSSR count). The molecular formula is C49H63N11O8. The number of carbonyl (C=O) groups excluding carboxylic acids is 5. The van der Waals surface area contributed by atoms with E-state index >= 15 is 0 Å². The molecule has 0 saturated carbocycles. The quantitative estimate of drug-likeness (QED) is 0.0588. The van der Waals surface area contributed by atoms with Crippen molar-refractivity contribution in [1.29, 1.82) is 5.26 Å². The Kier molecular flexibility index (Phi) is 18.1. The van der Waals surface area contributed by atoms with Gasteiger partial charge in [0.05, 0.1) is 36.2 Å². The first-order chi connectivity index (χ1) is 32.4. The van der Waals surface area contributed by atoms with Crippen molar-refractivity contribution in [3.8, 4) is 40.1 Å². The van der Waals surface area contributed by atoms with Crippen molar-refractivity contribution >= 4 is 29.5 Å². The average Bonchev–Trinajstić information content (AvgIpc) is 3.30. The Labute approximate surface area is 396 Å². The van der Waals surface area contributed by atoms with E-state index in [1.807, 2.05) is 30.3 Å². The Morgan fingerprint density at radius 2 is 1.47 bits per heavy atom. The van der Waals surface area contributed by atoms with Gasteiger partial charge >= 0.3 is 0 Å². The minimum atomic E-state index is -1.45. The number of fused-ring (bicyclic) bond motifs is 5. The van der Waals surface area contributed by atoms with Gasteiger partial charge in [-0.15, -0.1) is 0 Å². The molecule has 0 unspecified atom stereocenters. The largest absolute Gasteiger partial charge is 0.492 e. The molecule has 0 radical (unpaired) electrons. The molecular weight excluding hydrogens is 871 g/mol. The number of aromatic nitrogens is 2. The lowest BCUT2D eigenvalue weighted by atomic mass is 9.86. The molecule has 19 nitrogen and oxygen atoms in total. The van der Waals surface area contributed by atoms with Gasteiger partial charge in [0.1, 0.15) is 55.4 Å². The number of nitriles is 1. The molecule has 3 aromatic carbocycles. The summed E-state index contributed by atoms with van der Waals surface area (Å²) >= 11 is 0. The number of aryl methyl sites for hydroxylation is 2. The molecule has 1 aliphatic rings. The monoisotopic (exact) mass is 933 g/mol. The zero-order chi connectivity index (χ0) is 49.7. The maximum Gasteiger partial charge on any atom is 0.255 e. The SMILES string of the molecule is Cc1nc(-c2ccc(C(C)(C)C)cc2)nc(C)c1C(=O)N[C@@H](COCCN)C(=O)N(C)[C@@H]1C(=O)N[C@@H](C)C(=O)N[C@H](C(=O)NCC#N)Cc2ccc(OCCN)c(c2)-c2cc1ccc2OCCN. The molecule has 68 heavy (non-hydrogen) atoms. The fourth-order valence-electron chi connectivity index (χ4n) is 7.69. The van der Waals surface area contributed by atoms with Crippen molar-refractivity contribution in [3.05, 3.63) is 94.3 Å². The van der Waals surface area contributed by atoms with E-state index in [9.17, 15) is 29.2 Å². The fraction of sp³-hybridized carbons (Fsp3) is 0.429. The van der Waals surface area contributed by atoms with E-state index in [-0.39, 0.29) is 70.0 Å². The minimum absolute atomic E-state index is 0.00745. The van der Waals surface area contributed by atoms with Crippen LogP contribution in [0.2, 0.25) is 0 Å². The van der Waals surface area contributed by atoms with Crippen LogP contribution in [0.1, 0.15) is 72.2 Å². The predicted octanol–water partition coefficient (Wildman–Crippen LogP) is 1.86. The topological polar surface area (TPSA) is 292 Å². The van der Waals surface area contributed by atoms with E-state index in [1.54, 1.807) is 50.2 Å². The van der Waals surface area contributed by atoms with Gasteiger partial charge in [0.2, 0.25) is 23.6 Å². The van der Waals surface area contributed by atoms with Crippen LogP contribution in [0.15, 0.2) is 60.7 Å². The van der Waals surface area contributed by atoms with E-state index < -0.39 is 53.7 Å². The minimum Gasteiger partial charge on any atom is -0.492 e. The summed E-state index contributed by atoms with van der Waals surface area (Å²) in [5.41, 5.74) is 22.0. The highest BCUT2D eigenvalue weighted by Crippen LogP contribution is 2.40. The van der Waals surface area contributed by atoms with Gasteiger partial charge in [0, 0.05) is 49.8 Å². The second-order valence-corrected chi connectivity index (χ2v) is 17.4. The van der Waals surface area contributed by atoms with E-state index in [0.29, 0.717) is 51.0 Å². The third-order valence-electron chi connectivity index (χ3n) is 11.2. The van der Waals surface area contributed by atoms with Crippen molar-refractivity contribution < 1.29 is 38.2 Å². The first-order valence-electron chi connectivity index (χ1n) is 22.4. The maximum atomic E-state index is 14.9. The zero-order valence-corrected chi connectivity index (χ0v) is 39.7. The Hall–Kier alpha value is -6.98. The summed E-state index contributed by atoms with van der Waals surface area (Å²) in [5, 5.41) is 19.9. The third-order valence-corrected chi connectivity index (χ3v) is 11.2. The van der Waals surface area contributed by atoms with Gasteiger partial charge in [-0.2, -0.15) is 5.26 Å².